The van der Waals surface area contributed by atoms with E-state index in [1.54, 1.807) is 0 Å². The first-order valence-electron chi connectivity index (χ1n) is 5.23. The van der Waals surface area contributed by atoms with Crippen LogP contribution in [0.1, 0.15) is 12.5 Å². The van der Waals surface area contributed by atoms with Gasteiger partial charge in [0, 0.05) is 16.8 Å². The van der Waals surface area contributed by atoms with E-state index in [9.17, 15) is 0 Å². The summed E-state index contributed by atoms with van der Waals surface area (Å²) in [6, 6.07) is 8.60. The Labute approximate surface area is 102 Å². The Morgan fingerprint density at radius 3 is 2.73 bits per heavy atom. The highest BCUT2D eigenvalue weighted by molar-refractivity contribution is 7.98. The monoisotopic (exact) mass is 243 g/mol. The Balaban J connectivity index is 2.60. The number of benzene rings is 1. The van der Waals surface area contributed by atoms with Crippen LogP contribution in [0.25, 0.3) is 0 Å². The van der Waals surface area contributed by atoms with Crippen molar-refractivity contribution < 1.29 is 0 Å². The highest BCUT2D eigenvalue weighted by Gasteiger charge is 2.09. The lowest BCUT2D eigenvalue weighted by Crippen LogP contribution is -2.33. The molecule has 0 aromatic heterocycles. The van der Waals surface area contributed by atoms with Crippen molar-refractivity contribution >= 4 is 23.4 Å². The fraction of sp³-hybridized carbons (Fsp3) is 0.500. The number of rotatable bonds is 6. The molecule has 0 bridgehead atoms. The van der Waals surface area contributed by atoms with E-state index in [0.29, 0.717) is 6.04 Å². The van der Waals surface area contributed by atoms with E-state index in [2.05, 4.69) is 24.6 Å². The Morgan fingerprint density at radius 2 is 2.13 bits per heavy atom. The number of halogens is 1. The summed E-state index contributed by atoms with van der Waals surface area (Å²) in [4.78, 5) is 0. The first kappa shape index (κ1) is 12.9. The topological polar surface area (TPSA) is 12.0 Å². The second kappa shape index (κ2) is 7.15. The predicted molar refractivity (Wildman–Crippen MR) is 71.0 cm³/mol. The maximum Gasteiger partial charge on any atom is 0.0438 e. The zero-order valence-electron chi connectivity index (χ0n) is 9.29. The Bertz CT molecular complexity index is 285. The van der Waals surface area contributed by atoms with Gasteiger partial charge in [0.1, 0.15) is 0 Å². The molecule has 1 atom stereocenters. The van der Waals surface area contributed by atoms with Gasteiger partial charge in [-0.25, -0.2) is 0 Å². The normalized spacial score (nSPS) is 12.7. The van der Waals surface area contributed by atoms with E-state index in [-0.39, 0.29) is 0 Å². The molecule has 1 nitrogen and oxygen atoms in total. The third kappa shape index (κ3) is 4.45. The van der Waals surface area contributed by atoms with Crippen molar-refractivity contribution in [2.45, 2.75) is 19.4 Å². The van der Waals surface area contributed by atoms with E-state index in [1.807, 2.05) is 30.0 Å². The lowest BCUT2D eigenvalue weighted by atomic mass is 10.1. The van der Waals surface area contributed by atoms with Gasteiger partial charge in [0.2, 0.25) is 0 Å². The van der Waals surface area contributed by atoms with Crippen LogP contribution in [0.5, 0.6) is 0 Å². The molecule has 1 aromatic carbocycles. The van der Waals surface area contributed by atoms with E-state index in [0.717, 1.165) is 23.7 Å². The molecule has 1 unspecified atom stereocenters. The van der Waals surface area contributed by atoms with Crippen LogP contribution >= 0.6 is 23.4 Å². The molecule has 0 saturated heterocycles. The van der Waals surface area contributed by atoms with Crippen molar-refractivity contribution in [2.75, 3.05) is 18.6 Å². The van der Waals surface area contributed by atoms with Gasteiger partial charge in [0.15, 0.2) is 0 Å². The minimum Gasteiger partial charge on any atom is -0.313 e. The number of hydrogen-bond donors (Lipinski definition) is 1. The summed E-state index contributed by atoms with van der Waals surface area (Å²) in [5.41, 5.74) is 1.24. The molecule has 0 aliphatic rings. The van der Waals surface area contributed by atoms with Crippen molar-refractivity contribution in [1.29, 1.82) is 0 Å². The SMILES string of the molecule is CCNC(CSC)Cc1ccccc1Cl. The number of thioether (sulfide) groups is 1. The molecule has 3 heteroatoms. The maximum atomic E-state index is 6.13. The Hall–Kier alpha value is -0.180. The zero-order chi connectivity index (χ0) is 11.1. The molecule has 84 valence electrons. The fourth-order valence-corrected chi connectivity index (χ4v) is 2.46. The van der Waals surface area contributed by atoms with Gasteiger partial charge in [-0.1, -0.05) is 36.7 Å². The van der Waals surface area contributed by atoms with Gasteiger partial charge in [-0.2, -0.15) is 11.8 Å². The number of likely N-dealkylation sites (N-methyl/N-ethyl adjacent to an activating group) is 1. The van der Waals surface area contributed by atoms with Crippen LogP contribution in [0.2, 0.25) is 5.02 Å². The first-order chi connectivity index (χ1) is 7.27. The first-order valence-corrected chi connectivity index (χ1v) is 7.00. The Morgan fingerprint density at radius 1 is 1.40 bits per heavy atom. The minimum absolute atomic E-state index is 0.518. The maximum absolute atomic E-state index is 6.13. The molecule has 0 radical (unpaired) electrons. The summed E-state index contributed by atoms with van der Waals surface area (Å²) in [5.74, 6) is 1.12. The summed E-state index contributed by atoms with van der Waals surface area (Å²) >= 11 is 8.00. The van der Waals surface area contributed by atoms with Crippen molar-refractivity contribution in [3.8, 4) is 0 Å². The predicted octanol–water partition coefficient (Wildman–Crippen LogP) is 3.22. The standard InChI is InChI=1S/C12H18ClNS/c1-3-14-11(9-15-2)8-10-6-4-5-7-12(10)13/h4-7,11,14H,3,8-9H2,1-2H3. The van der Waals surface area contributed by atoms with Gasteiger partial charge < -0.3 is 5.32 Å². The molecular formula is C12H18ClNS. The second-order valence-electron chi connectivity index (χ2n) is 3.51. The zero-order valence-corrected chi connectivity index (χ0v) is 10.9. The third-order valence-corrected chi connectivity index (χ3v) is 3.39. The second-order valence-corrected chi connectivity index (χ2v) is 4.82. The van der Waals surface area contributed by atoms with Crippen LogP contribution in [0.3, 0.4) is 0 Å². The van der Waals surface area contributed by atoms with Gasteiger partial charge in [0.05, 0.1) is 0 Å². The van der Waals surface area contributed by atoms with E-state index in [1.165, 1.54) is 5.56 Å². The molecular weight excluding hydrogens is 226 g/mol. The summed E-state index contributed by atoms with van der Waals surface area (Å²) in [6.45, 7) is 3.15. The molecule has 0 fully saturated rings. The molecule has 1 aromatic rings. The summed E-state index contributed by atoms with van der Waals surface area (Å²) < 4.78 is 0. The van der Waals surface area contributed by atoms with E-state index in [4.69, 9.17) is 11.6 Å². The van der Waals surface area contributed by atoms with Gasteiger partial charge in [0.25, 0.3) is 0 Å². The Kier molecular flexibility index (Phi) is 6.15. The average Bonchev–Trinajstić information content (AvgIpc) is 2.22. The fourth-order valence-electron chi connectivity index (χ4n) is 1.61. The molecule has 0 heterocycles. The van der Waals surface area contributed by atoms with Crippen LogP contribution < -0.4 is 5.32 Å². The molecule has 1 N–H and O–H groups in total. The molecule has 0 amide bonds. The highest BCUT2D eigenvalue weighted by Crippen LogP contribution is 2.17. The summed E-state index contributed by atoms with van der Waals surface area (Å²) in [7, 11) is 0. The van der Waals surface area contributed by atoms with Crippen molar-refractivity contribution in [3.63, 3.8) is 0 Å². The van der Waals surface area contributed by atoms with E-state index >= 15 is 0 Å². The average molecular weight is 244 g/mol. The van der Waals surface area contributed by atoms with Gasteiger partial charge in [-0.05, 0) is 30.9 Å². The smallest absolute Gasteiger partial charge is 0.0438 e. The lowest BCUT2D eigenvalue weighted by molar-refractivity contribution is 0.573. The van der Waals surface area contributed by atoms with Crippen molar-refractivity contribution in [2.24, 2.45) is 0 Å². The number of hydrogen-bond acceptors (Lipinski definition) is 2. The van der Waals surface area contributed by atoms with Crippen LogP contribution in [-0.2, 0) is 6.42 Å². The van der Waals surface area contributed by atoms with Crippen molar-refractivity contribution in [3.05, 3.63) is 34.9 Å². The minimum atomic E-state index is 0.518. The van der Waals surface area contributed by atoms with Crippen LogP contribution in [0.4, 0.5) is 0 Å². The number of nitrogens with one attached hydrogen (secondary N) is 1. The lowest BCUT2D eigenvalue weighted by Gasteiger charge is -2.17. The molecule has 0 spiro atoms. The van der Waals surface area contributed by atoms with Gasteiger partial charge in [-0.15, -0.1) is 0 Å². The third-order valence-electron chi connectivity index (χ3n) is 2.28. The molecule has 0 aliphatic carbocycles. The highest BCUT2D eigenvalue weighted by atomic mass is 35.5. The molecule has 15 heavy (non-hydrogen) atoms. The van der Waals surface area contributed by atoms with Crippen molar-refractivity contribution in [1.82, 2.24) is 5.32 Å². The van der Waals surface area contributed by atoms with Crippen LogP contribution in [0, 0.1) is 0 Å². The van der Waals surface area contributed by atoms with Crippen LogP contribution in [-0.4, -0.2) is 24.6 Å². The molecule has 0 saturated carbocycles. The summed E-state index contributed by atoms with van der Waals surface area (Å²) in [6.07, 6.45) is 3.14. The largest absolute Gasteiger partial charge is 0.313 e. The van der Waals surface area contributed by atoms with Gasteiger partial charge >= 0.3 is 0 Å². The van der Waals surface area contributed by atoms with Crippen LogP contribution in [0.15, 0.2) is 24.3 Å². The molecule has 0 aliphatic heterocycles. The summed E-state index contributed by atoms with van der Waals surface area (Å²) in [5, 5.41) is 4.36. The molecule has 1 rings (SSSR count). The van der Waals surface area contributed by atoms with Gasteiger partial charge in [-0.3, -0.25) is 0 Å². The quantitative estimate of drug-likeness (QED) is 0.824. The van der Waals surface area contributed by atoms with E-state index < -0.39 is 0 Å².